The Morgan fingerprint density at radius 1 is 1.04 bits per heavy atom. The third-order valence-corrected chi connectivity index (χ3v) is 3.75. The molecule has 0 bridgehead atoms. The lowest BCUT2D eigenvalue weighted by Gasteiger charge is -2.23. The fourth-order valence-corrected chi connectivity index (χ4v) is 2.25. The molecule has 1 aromatic carbocycles. The number of carbonyl (C=O) groups is 1. The van der Waals surface area contributed by atoms with E-state index in [0.717, 1.165) is 25.5 Å². The van der Waals surface area contributed by atoms with Crippen molar-refractivity contribution >= 4 is 11.9 Å². The molecule has 0 unspecified atom stereocenters. The maximum atomic E-state index is 11.6. The van der Waals surface area contributed by atoms with Crippen LogP contribution >= 0.6 is 0 Å². The maximum Gasteiger partial charge on any atom is 0.221 e. The topological polar surface area (TPSA) is 65.5 Å². The van der Waals surface area contributed by atoms with Gasteiger partial charge in [0.25, 0.3) is 0 Å². The van der Waals surface area contributed by atoms with Gasteiger partial charge in [-0.05, 0) is 18.9 Å². The Bertz CT molecular complexity index is 511. The van der Waals surface area contributed by atoms with Gasteiger partial charge in [0.1, 0.15) is 0 Å². The second-order valence-corrected chi connectivity index (χ2v) is 6.47. The Kier molecular flexibility index (Phi) is 8.90. The number of rotatable bonds is 9. The molecule has 0 aliphatic heterocycles. The van der Waals surface area contributed by atoms with E-state index < -0.39 is 0 Å². The summed E-state index contributed by atoms with van der Waals surface area (Å²) in [6, 6.07) is 10.4. The van der Waals surface area contributed by atoms with E-state index in [4.69, 9.17) is 0 Å². The summed E-state index contributed by atoms with van der Waals surface area (Å²) >= 11 is 0. The molecular weight excluding hydrogens is 300 g/mol. The fourth-order valence-electron chi connectivity index (χ4n) is 2.25. The lowest BCUT2D eigenvalue weighted by Crippen LogP contribution is -2.40. The smallest absolute Gasteiger partial charge is 0.221 e. The molecule has 0 aliphatic rings. The molecule has 0 spiro atoms. The molecule has 134 valence electrons. The zero-order valence-corrected chi connectivity index (χ0v) is 15.5. The van der Waals surface area contributed by atoms with Gasteiger partial charge in [-0.25, -0.2) is 0 Å². The lowest BCUT2D eigenvalue weighted by molar-refractivity contribution is -0.120. The summed E-state index contributed by atoms with van der Waals surface area (Å²) in [4.78, 5) is 16.3. The van der Waals surface area contributed by atoms with E-state index in [0.29, 0.717) is 19.5 Å². The van der Waals surface area contributed by atoms with Crippen LogP contribution in [0.4, 0.5) is 0 Å². The molecule has 0 atom stereocenters. The highest BCUT2D eigenvalue weighted by Crippen LogP contribution is 2.22. The Morgan fingerprint density at radius 2 is 1.75 bits per heavy atom. The van der Waals surface area contributed by atoms with Gasteiger partial charge >= 0.3 is 0 Å². The lowest BCUT2D eigenvalue weighted by atomic mass is 9.85. The van der Waals surface area contributed by atoms with Crippen molar-refractivity contribution in [2.24, 2.45) is 4.99 Å². The van der Waals surface area contributed by atoms with Gasteiger partial charge in [0.15, 0.2) is 5.96 Å². The fraction of sp³-hybridized carbons (Fsp3) is 0.579. The molecular formula is C19H32N4O. The second kappa shape index (κ2) is 10.7. The molecule has 0 saturated heterocycles. The monoisotopic (exact) mass is 332 g/mol. The van der Waals surface area contributed by atoms with E-state index in [9.17, 15) is 4.79 Å². The SMILES string of the molecule is CCCNC(=O)CCNC(=NCC(C)(C)c1ccccc1)NCC. The predicted molar refractivity (Wildman–Crippen MR) is 101 cm³/mol. The van der Waals surface area contributed by atoms with Gasteiger partial charge in [-0.2, -0.15) is 0 Å². The molecule has 3 N–H and O–H groups in total. The van der Waals surface area contributed by atoms with Gasteiger partial charge < -0.3 is 16.0 Å². The van der Waals surface area contributed by atoms with Crippen molar-refractivity contribution in [3.05, 3.63) is 35.9 Å². The van der Waals surface area contributed by atoms with Crippen molar-refractivity contribution in [2.45, 2.75) is 46.0 Å². The molecule has 1 amide bonds. The number of aliphatic imine (C=N–C) groups is 1. The third-order valence-electron chi connectivity index (χ3n) is 3.75. The van der Waals surface area contributed by atoms with Crippen LogP contribution in [-0.2, 0) is 10.2 Å². The van der Waals surface area contributed by atoms with Crippen molar-refractivity contribution in [1.82, 2.24) is 16.0 Å². The molecule has 24 heavy (non-hydrogen) atoms. The van der Waals surface area contributed by atoms with Crippen LogP contribution < -0.4 is 16.0 Å². The summed E-state index contributed by atoms with van der Waals surface area (Å²) in [5.74, 6) is 0.828. The van der Waals surface area contributed by atoms with Gasteiger partial charge in [-0.1, -0.05) is 51.1 Å². The van der Waals surface area contributed by atoms with E-state index >= 15 is 0 Å². The Labute approximate surface area is 146 Å². The van der Waals surface area contributed by atoms with Crippen molar-refractivity contribution in [2.75, 3.05) is 26.2 Å². The number of carbonyl (C=O) groups excluding carboxylic acids is 1. The van der Waals surface area contributed by atoms with Gasteiger partial charge in [0.05, 0.1) is 6.54 Å². The molecule has 5 heteroatoms. The zero-order valence-electron chi connectivity index (χ0n) is 15.5. The van der Waals surface area contributed by atoms with Crippen molar-refractivity contribution in [1.29, 1.82) is 0 Å². The van der Waals surface area contributed by atoms with Gasteiger partial charge in [0, 0.05) is 31.5 Å². The highest BCUT2D eigenvalue weighted by atomic mass is 16.1. The molecule has 5 nitrogen and oxygen atoms in total. The van der Waals surface area contributed by atoms with Crippen LogP contribution in [0.3, 0.4) is 0 Å². The molecule has 0 saturated carbocycles. The summed E-state index contributed by atoms with van der Waals surface area (Å²) in [7, 11) is 0. The predicted octanol–water partition coefficient (Wildman–Crippen LogP) is 2.44. The molecule has 0 aliphatic carbocycles. The summed E-state index contributed by atoms with van der Waals surface area (Å²) in [6.07, 6.45) is 1.41. The van der Waals surface area contributed by atoms with Crippen LogP contribution in [0.15, 0.2) is 35.3 Å². The van der Waals surface area contributed by atoms with E-state index in [2.05, 4.69) is 59.1 Å². The summed E-state index contributed by atoms with van der Waals surface area (Å²) < 4.78 is 0. The minimum absolute atomic E-state index is 0.0396. The van der Waals surface area contributed by atoms with Crippen LogP contribution in [0.5, 0.6) is 0 Å². The highest BCUT2D eigenvalue weighted by Gasteiger charge is 2.20. The highest BCUT2D eigenvalue weighted by molar-refractivity contribution is 5.81. The average molecular weight is 332 g/mol. The van der Waals surface area contributed by atoms with Crippen molar-refractivity contribution < 1.29 is 4.79 Å². The minimum Gasteiger partial charge on any atom is -0.357 e. The molecule has 1 aromatic rings. The Hall–Kier alpha value is -2.04. The molecule has 0 radical (unpaired) electrons. The summed E-state index contributed by atoms with van der Waals surface area (Å²) in [5.41, 5.74) is 1.23. The standard InChI is InChI=1S/C19H32N4O/c1-5-13-21-17(24)12-14-22-18(20-6-2)23-15-19(3,4)16-10-8-7-9-11-16/h7-11H,5-6,12-15H2,1-4H3,(H,21,24)(H2,20,22,23). The van der Waals surface area contributed by atoms with Crippen LogP contribution in [0.25, 0.3) is 0 Å². The molecule has 0 fully saturated rings. The number of benzene rings is 1. The third kappa shape index (κ3) is 7.49. The van der Waals surface area contributed by atoms with Gasteiger partial charge in [-0.15, -0.1) is 0 Å². The van der Waals surface area contributed by atoms with E-state index in [-0.39, 0.29) is 11.3 Å². The maximum absolute atomic E-state index is 11.6. The quantitative estimate of drug-likeness (QED) is 0.481. The number of hydrogen-bond donors (Lipinski definition) is 3. The minimum atomic E-state index is -0.0396. The molecule has 1 rings (SSSR count). The molecule has 0 heterocycles. The first kappa shape index (κ1) is 20.0. The van der Waals surface area contributed by atoms with Crippen LogP contribution in [-0.4, -0.2) is 38.0 Å². The summed E-state index contributed by atoms with van der Waals surface area (Å²) in [6.45, 7) is 11.2. The number of nitrogens with one attached hydrogen (secondary N) is 3. The average Bonchev–Trinajstić information content (AvgIpc) is 2.58. The van der Waals surface area contributed by atoms with Gasteiger partial charge in [0.2, 0.25) is 5.91 Å². The first-order valence-electron chi connectivity index (χ1n) is 8.84. The normalized spacial score (nSPS) is 11.9. The largest absolute Gasteiger partial charge is 0.357 e. The number of hydrogen-bond acceptors (Lipinski definition) is 2. The first-order valence-corrected chi connectivity index (χ1v) is 8.84. The Morgan fingerprint density at radius 3 is 2.38 bits per heavy atom. The summed E-state index contributed by atoms with van der Waals surface area (Å²) in [5, 5.41) is 9.34. The van der Waals surface area contributed by atoms with Crippen molar-refractivity contribution in [3.8, 4) is 0 Å². The van der Waals surface area contributed by atoms with Crippen LogP contribution in [0, 0.1) is 0 Å². The van der Waals surface area contributed by atoms with Crippen LogP contribution in [0.1, 0.15) is 46.1 Å². The zero-order chi connectivity index (χ0) is 17.8. The number of amides is 1. The second-order valence-electron chi connectivity index (χ2n) is 6.47. The van der Waals surface area contributed by atoms with E-state index in [1.807, 2.05) is 19.9 Å². The van der Waals surface area contributed by atoms with E-state index in [1.165, 1.54) is 5.56 Å². The van der Waals surface area contributed by atoms with E-state index in [1.54, 1.807) is 0 Å². The van der Waals surface area contributed by atoms with Crippen LogP contribution in [0.2, 0.25) is 0 Å². The number of guanidine groups is 1. The first-order chi connectivity index (χ1) is 11.5. The molecule has 0 aromatic heterocycles. The number of nitrogens with zero attached hydrogens (tertiary/aromatic N) is 1. The van der Waals surface area contributed by atoms with Gasteiger partial charge in [-0.3, -0.25) is 9.79 Å². The Balaban J connectivity index is 2.54. The van der Waals surface area contributed by atoms with Crippen molar-refractivity contribution in [3.63, 3.8) is 0 Å².